The van der Waals surface area contributed by atoms with Gasteiger partial charge in [0.2, 0.25) is 0 Å². The van der Waals surface area contributed by atoms with Gasteiger partial charge in [0, 0.05) is 23.2 Å². The van der Waals surface area contributed by atoms with Gasteiger partial charge in [0.15, 0.2) is 0 Å². The van der Waals surface area contributed by atoms with E-state index in [4.69, 9.17) is 0 Å². The van der Waals surface area contributed by atoms with Crippen molar-refractivity contribution in [2.45, 2.75) is 72.0 Å². The van der Waals surface area contributed by atoms with E-state index in [1.54, 1.807) is 0 Å². The molecule has 0 aromatic heterocycles. The minimum absolute atomic E-state index is 0.0428. The van der Waals surface area contributed by atoms with E-state index in [9.17, 15) is 15.0 Å². The zero-order valence-electron chi connectivity index (χ0n) is 15.0. The first-order valence-corrected chi connectivity index (χ1v) is 9.16. The number of carbonyl (C=O) groups excluding carboxylic acids is 1. The van der Waals surface area contributed by atoms with Crippen LogP contribution in [-0.4, -0.2) is 28.2 Å². The van der Waals surface area contributed by atoms with Crippen molar-refractivity contribution in [2.75, 3.05) is 0 Å². The highest BCUT2D eigenvalue weighted by molar-refractivity contribution is 5.85. The summed E-state index contributed by atoms with van der Waals surface area (Å²) in [4.78, 5) is 12.8. The molecule has 130 valence electrons. The molecule has 0 aliphatic heterocycles. The van der Waals surface area contributed by atoms with Crippen LogP contribution in [0.15, 0.2) is 12.7 Å². The van der Waals surface area contributed by atoms with Crippen molar-refractivity contribution < 1.29 is 15.0 Å². The van der Waals surface area contributed by atoms with Gasteiger partial charge in [-0.2, -0.15) is 0 Å². The molecule has 8 atom stereocenters. The molecule has 0 spiro atoms. The van der Waals surface area contributed by atoms with Crippen LogP contribution in [0.4, 0.5) is 0 Å². The fraction of sp³-hybridized carbons (Fsp3) is 0.850. The van der Waals surface area contributed by atoms with Gasteiger partial charge in [-0.05, 0) is 42.9 Å². The number of rotatable bonds is 1. The van der Waals surface area contributed by atoms with Crippen LogP contribution in [0.2, 0.25) is 0 Å². The highest BCUT2D eigenvalue weighted by atomic mass is 16.3. The molecule has 3 heteroatoms. The van der Waals surface area contributed by atoms with E-state index >= 15 is 0 Å². The lowest BCUT2D eigenvalue weighted by Gasteiger charge is -2.61. The molecular formula is C20H32O3. The summed E-state index contributed by atoms with van der Waals surface area (Å²) in [5.41, 5.74) is -1.07. The fourth-order valence-electron chi connectivity index (χ4n) is 6.37. The summed E-state index contributed by atoms with van der Waals surface area (Å²) in [6.45, 7) is 12.4. The Balaban J connectivity index is 2.21. The number of carbonyl (C=O) groups is 1. The van der Waals surface area contributed by atoms with Crippen LogP contribution >= 0.6 is 0 Å². The zero-order chi connectivity index (χ0) is 17.2. The molecule has 3 saturated carbocycles. The maximum atomic E-state index is 12.8. The average Bonchev–Trinajstić information content (AvgIpc) is 2.87. The smallest absolute Gasteiger partial charge is 0.137 e. The first kappa shape index (κ1) is 17.2. The van der Waals surface area contributed by atoms with Crippen LogP contribution in [0.1, 0.15) is 59.8 Å². The molecule has 0 aromatic carbocycles. The Labute approximate surface area is 140 Å². The van der Waals surface area contributed by atoms with Gasteiger partial charge < -0.3 is 10.2 Å². The largest absolute Gasteiger partial charge is 0.392 e. The van der Waals surface area contributed by atoms with Crippen molar-refractivity contribution in [2.24, 2.45) is 34.0 Å². The molecule has 0 radical (unpaired) electrons. The number of aliphatic hydroxyl groups excluding tert-OH is 2. The van der Waals surface area contributed by atoms with E-state index in [-0.39, 0.29) is 17.3 Å². The summed E-state index contributed by atoms with van der Waals surface area (Å²) in [5, 5.41) is 22.3. The van der Waals surface area contributed by atoms with E-state index in [0.29, 0.717) is 24.5 Å². The van der Waals surface area contributed by atoms with Gasteiger partial charge in [0.05, 0.1) is 12.2 Å². The van der Waals surface area contributed by atoms with Gasteiger partial charge in [-0.15, -0.1) is 6.58 Å². The van der Waals surface area contributed by atoms with Crippen molar-refractivity contribution in [1.82, 2.24) is 0 Å². The summed E-state index contributed by atoms with van der Waals surface area (Å²) in [6.07, 6.45) is 4.60. The third kappa shape index (κ3) is 1.99. The molecule has 3 rings (SSSR count). The van der Waals surface area contributed by atoms with Crippen LogP contribution in [0.3, 0.4) is 0 Å². The molecular weight excluding hydrogens is 288 g/mol. The highest BCUT2D eigenvalue weighted by Gasteiger charge is 2.67. The summed E-state index contributed by atoms with van der Waals surface area (Å²) >= 11 is 0. The molecule has 3 fully saturated rings. The number of hydrogen-bond donors (Lipinski definition) is 2. The first-order chi connectivity index (χ1) is 10.6. The van der Waals surface area contributed by atoms with Crippen LogP contribution < -0.4 is 0 Å². The molecule has 23 heavy (non-hydrogen) atoms. The lowest BCUT2D eigenvalue weighted by atomic mass is 9.44. The van der Waals surface area contributed by atoms with Gasteiger partial charge in [-0.25, -0.2) is 0 Å². The van der Waals surface area contributed by atoms with Crippen molar-refractivity contribution in [3.63, 3.8) is 0 Å². The quantitative estimate of drug-likeness (QED) is 0.729. The predicted molar refractivity (Wildman–Crippen MR) is 90.8 cm³/mol. The maximum absolute atomic E-state index is 12.8. The summed E-state index contributed by atoms with van der Waals surface area (Å²) < 4.78 is 0. The van der Waals surface area contributed by atoms with E-state index in [1.165, 1.54) is 0 Å². The van der Waals surface area contributed by atoms with E-state index in [1.807, 2.05) is 13.0 Å². The fourth-order valence-corrected chi connectivity index (χ4v) is 6.37. The van der Waals surface area contributed by atoms with Gasteiger partial charge >= 0.3 is 0 Å². The lowest BCUT2D eigenvalue weighted by molar-refractivity contribution is -0.191. The van der Waals surface area contributed by atoms with Crippen LogP contribution in [0.25, 0.3) is 0 Å². The molecule has 0 amide bonds. The van der Waals surface area contributed by atoms with Crippen molar-refractivity contribution in [3.05, 3.63) is 12.7 Å². The molecule has 0 heterocycles. The second kappa shape index (κ2) is 5.16. The van der Waals surface area contributed by atoms with E-state index < -0.39 is 23.0 Å². The van der Waals surface area contributed by atoms with Crippen LogP contribution in [-0.2, 0) is 4.79 Å². The second-order valence-corrected chi connectivity index (χ2v) is 9.10. The third-order valence-electron chi connectivity index (χ3n) is 8.33. The summed E-state index contributed by atoms with van der Waals surface area (Å²) in [7, 11) is 0. The average molecular weight is 320 g/mol. The second-order valence-electron chi connectivity index (χ2n) is 9.10. The summed E-state index contributed by atoms with van der Waals surface area (Å²) in [6, 6.07) is 0. The molecule has 0 aromatic rings. The van der Waals surface area contributed by atoms with Gasteiger partial charge in [-0.3, -0.25) is 4.79 Å². The molecule has 3 nitrogen and oxygen atoms in total. The Bertz CT molecular complexity index is 529. The zero-order valence-corrected chi connectivity index (χ0v) is 15.0. The standard InChI is InChI=1S/C20H32O3/c1-6-18(4)11-15(22)19(5)12(2)7-9-20(13(3)17(18)23)10-8-14(21)16(19)20/h6,12-13,15-17,22-23H,1,7-11H2,2-5H3/t12-,13+,15-,16+,17+,18-,19+,20+/m1/s1. The van der Waals surface area contributed by atoms with Gasteiger partial charge in [0.1, 0.15) is 5.78 Å². The molecule has 0 unspecified atom stereocenters. The van der Waals surface area contributed by atoms with Gasteiger partial charge in [-0.1, -0.05) is 33.8 Å². The molecule has 3 aliphatic carbocycles. The molecule has 0 saturated heterocycles. The maximum Gasteiger partial charge on any atom is 0.137 e. The third-order valence-corrected chi connectivity index (χ3v) is 8.33. The Kier molecular flexibility index (Phi) is 3.85. The Hall–Kier alpha value is -0.670. The molecule has 3 aliphatic rings. The monoisotopic (exact) mass is 320 g/mol. The minimum atomic E-state index is -0.589. The topological polar surface area (TPSA) is 57.5 Å². The number of aliphatic hydroxyl groups is 2. The summed E-state index contributed by atoms with van der Waals surface area (Å²) in [5.74, 6) is 0.544. The van der Waals surface area contributed by atoms with Crippen molar-refractivity contribution >= 4 is 5.78 Å². The Morgan fingerprint density at radius 3 is 2.48 bits per heavy atom. The number of Topliss-reactive ketones (excluding diaryl/α,β-unsaturated/α-hetero) is 1. The van der Waals surface area contributed by atoms with E-state index in [2.05, 4.69) is 27.4 Å². The van der Waals surface area contributed by atoms with Crippen molar-refractivity contribution in [1.29, 1.82) is 0 Å². The molecule has 2 bridgehead atoms. The molecule has 2 N–H and O–H groups in total. The van der Waals surface area contributed by atoms with E-state index in [0.717, 1.165) is 19.3 Å². The SMILES string of the molecule is C=C[C@]1(C)C[C@@H](O)[C@]2(C)[C@H](C)CC[C@]3(CCC(=O)[C@H]32)[C@@H](C)[C@@H]1O. The highest BCUT2D eigenvalue weighted by Crippen LogP contribution is 2.67. The normalized spacial score (nSPS) is 56.6. The van der Waals surface area contributed by atoms with Crippen LogP contribution in [0.5, 0.6) is 0 Å². The minimum Gasteiger partial charge on any atom is -0.392 e. The Morgan fingerprint density at radius 1 is 1.22 bits per heavy atom. The number of hydrogen-bond acceptors (Lipinski definition) is 3. The van der Waals surface area contributed by atoms with Gasteiger partial charge in [0.25, 0.3) is 0 Å². The first-order valence-electron chi connectivity index (χ1n) is 9.16. The Morgan fingerprint density at radius 2 is 1.87 bits per heavy atom. The van der Waals surface area contributed by atoms with Crippen molar-refractivity contribution in [3.8, 4) is 0 Å². The lowest BCUT2D eigenvalue weighted by Crippen LogP contribution is -2.62. The number of ketones is 1. The predicted octanol–water partition coefficient (Wildman–Crippen LogP) is 3.34. The van der Waals surface area contributed by atoms with Crippen LogP contribution in [0, 0.1) is 34.0 Å².